The zero-order valence-corrected chi connectivity index (χ0v) is 7.32. The average molecular weight is 176 g/mol. The summed E-state index contributed by atoms with van der Waals surface area (Å²) >= 11 is 0. The maximum absolute atomic E-state index is 11.2. The van der Waals surface area contributed by atoms with E-state index in [1.54, 1.807) is 6.92 Å². The molecule has 4 nitrogen and oxygen atoms in total. The zero-order valence-electron chi connectivity index (χ0n) is 6.50. The van der Waals surface area contributed by atoms with Crippen molar-refractivity contribution < 1.29 is 8.42 Å². The Kier molecular flexibility index (Phi) is 2.20. The van der Waals surface area contributed by atoms with Crippen molar-refractivity contribution in [1.29, 1.82) is 0 Å². The Morgan fingerprint density at radius 2 is 2.27 bits per heavy atom. The monoisotopic (exact) mass is 176 g/mol. The maximum Gasteiger partial charge on any atom is 0.301 e. The second kappa shape index (κ2) is 2.83. The van der Waals surface area contributed by atoms with Crippen LogP contribution in [-0.2, 0) is 10.2 Å². The van der Waals surface area contributed by atoms with Crippen molar-refractivity contribution in [2.75, 3.05) is 13.1 Å². The topological polar surface area (TPSA) is 49.4 Å². The number of nitrogens with one attached hydrogen (secondary N) is 1. The molecular weight excluding hydrogens is 164 g/mol. The molecule has 0 saturated carbocycles. The van der Waals surface area contributed by atoms with E-state index in [1.807, 2.05) is 0 Å². The van der Waals surface area contributed by atoms with Crippen molar-refractivity contribution in [3.63, 3.8) is 0 Å². The van der Waals surface area contributed by atoms with Gasteiger partial charge in [0.1, 0.15) is 0 Å². The molecule has 5 heteroatoms. The maximum atomic E-state index is 11.2. The number of rotatable bonds is 1. The van der Waals surface area contributed by atoms with Crippen molar-refractivity contribution in [3.05, 3.63) is 12.3 Å². The highest BCUT2D eigenvalue weighted by molar-refractivity contribution is 7.87. The van der Waals surface area contributed by atoms with E-state index in [-0.39, 0.29) is 0 Å². The Morgan fingerprint density at radius 3 is 2.64 bits per heavy atom. The van der Waals surface area contributed by atoms with Crippen LogP contribution in [0, 0.1) is 0 Å². The third kappa shape index (κ3) is 1.72. The highest BCUT2D eigenvalue weighted by Crippen LogP contribution is 2.10. The van der Waals surface area contributed by atoms with Crippen molar-refractivity contribution in [2.45, 2.75) is 13.3 Å². The lowest BCUT2D eigenvalue weighted by Crippen LogP contribution is -2.45. The van der Waals surface area contributed by atoms with Crippen LogP contribution in [0.15, 0.2) is 12.3 Å². The average Bonchev–Trinajstić information content (AvgIpc) is 1.85. The first-order valence-electron chi connectivity index (χ1n) is 3.47. The third-order valence-corrected chi connectivity index (χ3v) is 3.18. The summed E-state index contributed by atoms with van der Waals surface area (Å²) in [6.45, 7) is 6.35. The van der Waals surface area contributed by atoms with Gasteiger partial charge in [-0.3, -0.25) is 4.31 Å². The standard InChI is InChI=1S/C6H12N2O2S/c1-6(2)8-5-3-4-7-11(8,9)10/h7H,1,3-5H2,2H3. The molecule has 0 bridgehead atoms. The highest BCUT2D eigenvalue weighted by atomic mass is 32.2. The summed E-state index contributed by atoms with van der Waals surface area (Å²) in [5.41, 5.74) is 0.567. The van der Waals surface area contributed by atoms with Gasteiger partial charge in [0.25, 0.3) is 0 Å². The molecule has 1 N–H and O–H groups in total. The normalized spacial score (nSPS) is 23.2. The molecule has 0 radical (unpaired) electrons. The van der Waals surface area contributed by atoms with Crippen LogP contribution >= 0.6 is 0 Å². The molecule has 64 valence electrons. The Balaban J connectivity index is 2.85. The molecule has 1 heterocycles. The first kappa shape index (κ1) is 8.55. The molecule has 0 aromatic rings. The minimum absolute atomic E-state index is 0.534. The van der Waals surface area contributed by atoms with Crippen LogP contribution in [0.1, 0.15) is 13.3 Å². The van der Waals surface area contributed by atoms with Gasteiger partial charge >= 0.3 is 10.2 Å². The SMILES string of the molecule is C=C(C)N1CCCNS1(=O)=O. The Morgan fingerprint density at radius 1 is 1.64 bits per heavy atom. The second-order valence-corrected chi connectivity index (χ2v) is 4.24. The van der Waals surface area contributed by atoms with Crippen molar-refractivity contribution >= 4 is 10.2 Å². The molecule has 0 aromatic carbocycles. The lowest BCUT2D eigenvalue weighted by atomic mass is 10.4. The van der Waals surface area contributed by atoms with E-state index in [2.05, 4.69) is 11.3 Å². The summed E-state index contributed by atoms with van der Waals surface area (Å²) in [4.78, 5) is 0. The van der Waals surface area contributed by atoms with Crippen LogP contribution < -0.4 is 4.72 Å². The molecule has 1 rings (SSSR count). The van der Waals surface area contributed by atoms with Crippen LogP contribution in [0.3, 0.4) is 0 Å². The van der Waals surface area contributed by atoms with E-state index in [4.69, 9.17) is 0 Å². The summed E-state index contributed by atoms with van der Waals surface area (Å²) < 4.78 is 26.1. The van der Waals surface area contributed by atoms with Crippen LogP contribution in [0.25, 0.3) is 0 Å². The third-order valence-electron chi connectivity index (χ3n) is 1.54. The molecule has 1 aliphatic heterocycles. The first-order chi connectivity index (χ1) is 5.04. The predicted octanol–water partition coefficient (Wildman–Crippen LogP) is 0.0601. The largest absolute Gasteiger partial charge is 0.301 e. The quantitative estimate of drug-likeness (QED) is 0.614. The number of hydrogen-bond donors (Lipinski definition) is 1. The summed E-state index contributed by atoms with van der Waals surface area (Å²) in [6, 6.07) is 0. The molecular formula is C6H12N2O2S. The molecule has 0 amide bonds. The summed E-state index contributed by atoms with van der Waals surface area (Å²) in [7, 11) is -3.24. The van der Waals surface area contributed by atoms with E-state index in [0.29, 0.717) is 18.8 Å². The lowest BCUT2D eigenvalue weighted by Gasteiger charge is -2.28. The van der Waals surface area contributed by atoms with Gasteiger partial charge in [0.15, 0.2) is 0 Å². The van der Waals surface area contributed by atoms with E-state index >= 15 is 0 Å². The molecule has 0 atom stereocenters. The van der Waals surface area contributed by atoms with Gasteiger partial charge in [0, 0.05) is 18.8 Å². The summed E-state index contributed by atoms with van der Waals surface area (Å²) in [5.74, 6) is 0. The molecule has 0 spiro atoms. The molecule has 0 aliphatic carbocycles. The Labute approximate surface area is 67.1 Å². The van der Waals surface area contributed by atoms with Gasteiger partial charge in [-0.05, 0) is 13.3 Å². The molecule has 0 unspecified atom stereocenters. The summed E-state index contributed by atoms with van der Waals surface area (Å²) in [5, 5.41) is 0. The molecule has 1 saturated heterocycles. The van der Waals surface area contributed by atoms with Gasteiger partial charge in [0.2, 0.25) is 0 Å². The molecule has 1 fully saturated rings. The minimum Gasteiger partial charge on any atom is -0.263 e. The van der Waals surface area contributed by atoms with Gasteiger partial charge in [-0.2, -0.15) is 13.1 Å². The van der Waals surface area contributed by atoms with E-state index in [9.17, 15) is 8.42 Å². The van der Waals surface area contributed by atoms with Gasteiger partial charge in [-0.15, -0.1) is 0 Å². The smallest absolute Gasteiger partial charge is 0.263 e. The van der Waals surface area contributed by atoms with Crippen molar-refractivity contribution in [2.24, 2.45) is 0 Å². The Bertz CT molecular complexity index is 258. The minimum atomic E-state index is -3.24. The fourth-order valence-corrected chi connectivity index (χ4v) is 2.36. The summed E-state index contributed by atoms with van der Waals surface area (Å²) in [6.07, 6.45) is 0.839. The van der Waals surface area contributed by atoms with Gasteiger partial charge in [-0.25, -0.2) is 0 Å². The highest BCUT2D eigenvalue weighted by Gasteiger charge is 2.23. The van der Waals surface area contributed by atoms with Gasteiger partial charge < -0.3 is 0 Å². The molecule has 1 aliphatic rings. The predicted molar refractivity (Wildman–Crippen MR) is 43.1 cm³/mol. The van der Waals surface area contributed by atoms with Gasteiger partial charge in [0.05, 0.1) is 0 Å². The van der Waals surface area contributed by atoms with Crippen LogP contribution in [0.4, 0.5) is 0 Å². The van der Waals surface area contributed by atoms with Crippen molar-refractivity contribution in [3.8, 4) is 0 Å². The first-order valence-corrected chi connectivity index (χ1v) is 4.91. The fourth-order valence-electron chi connectivity index (χ4n) is 1.02. The van der Waals surface area contributed by atoms with Gasteiger partial charge in [-0.1, -0.05) is 6.58 Å². The lowest BCUT2D eigenvalue weighted by molar-refractivity contribution is 0.430. The van der Waals surface area contributed by atoms with Crippen molar-refractivity contribution in [1.82, 2.24) is 9.03 Å². The van der Waals surface area contributed by atoms with E-state index in [0.717, 1.165) is 6.42 Å². The molecule has 11 heavy (non-hydrogen) atoms. The zero-order chi connectivity index (χ0) is 8.48. The van der Waals surface area contributed by atoms with Crippen LogP contribution in [-0.4, -0.2) is 25.8 Å². The number of hydrogen-bond acceptors (Lipinski definition) is 2. The Hall–Kier alpha value is -0.550. The van der Waals surface area contributed by atoms with E-state index in [1.165, 1.54) is 4.31 Å². The number of allylic oxidation sites excluding steroid dienone is 1. The van der Waals surface area contributed by atoms with Crippen LogP contribution in [0.5, 0.6) is 0 Å². The van der Waals surface area contributed by atoms with E-state index < -0.39 is 10.2 Å². The number of nitrogens with zero attached hydrogens (tertiary/aromatic N) is 1. The van der Waals surface area contributed by atoms with Crippen LogP contribution in [0.2, 0.25) is 0 Å². The fraction of sp³-hybridized carbons (Fsp3) is 0.667. The second-order valence-electron chi connectivity index (χ2n) is 2.56. The molecule has 0 aromatic heterocycles.